The van der Waals surface area contributed by atoms with Gasteiger partial charge in [-0.25, -0.2) is 0 Å². The zero-order valence-corrected chi connectivity index (χ0v) is 15.8. The van der Waals surface area contributed by atoms with Gasteiger partial charge in [0, 0.05) is 17.3 Å². The Morgan fingerprint density at radius 2 is 1.74 bits per heavy atom. The third kappa shape index (κ3) is 2.65. The lowest BCUT2D eigenvalue weighted by atomic mass is 9.79. The van der Waals surface area contributed by atoms with E-state index in [9.17, 15) is 0 Å². The lowest BCUT2D eigenvalue weighted by Crippen LogP contribution is -2.37. The number of fused-ring (bicyclic) bond motifs is 1. The Labute approximate surface area is 141 Å². The van der Waals surface area contributed by atoms with Gasteiger partial charge in [-0.05, 0) is 61.7 Å². The molecule has 2 aliphatic rings. The second kappa shape index (κ2) is 5.54. The highest BCUT2D eigenvalue weighted by Gasteiger charge is 2.31. The van der Waals surface area contributed by atoms with E-state index in [4.69, 9.17) is 0 Å². The summed E-state index contributed by atoms with van der Waals surface area (Å²) < 4.78 is 0. The van der Waals surface area contributed by atoms with Gasteiger partial charge in [0.25, 0.3) is 0 Å². The number of hydrogen-bond acceptors (Lipinski definition) is 1. The van der Waals surface area contributed by atoms with Crippen LogP contribution in [0, 0.1) is 11.3 Å². The summed E-state index contributed by atoms with van der Waals surface area (Å²) in [7, 11) is 0. The van der Waals surface area contributed by atoms with E-state index in [1.54, 1.807) is 0 Å². The number of anilines is 1. The summed E-state index contributed by atoms with van der Waals surface area (Å²) in [6.45, 7) is 16.3. The summed E-state index contributed by atoms with van der Waals surface area (Å²) in [5.74, 6) is 0.572. The fourth-order valence-corrected chi connectivity index (χ4v) is 4.16. The third-order valence-electron chi connectivity index (χ3n) is 6.15. The van der Waals surface area contributed by atoms with Crippen molar-refractivity contribution in [1.82, 2.24) is 0 Å². The Morgan fingerprint density at radius 1 is 1.04 bits per heavy atom. The van der Waals surface area contributed by atoms with Crippen molar-refractivity contribution in [1.29, 1.82) is 0 Å². The number of para-hydroxylation sites is 1. The molecule has 2 atom stereocenters. The molecule has 0 radical (unpaired) electrons. The van der Waals surface area contributed by atoms with Crippen LogP contribution in [0.25, 0.3) is 5.57 Å². The first-order valence-corrected chi connectivity index (χ1v) is 8.99. The summed E-state index contributed by atoms with van der Waals surface area (Å²) in [5, 5.41) is 3.90. The van der Waals surface area contributed by atoms with Crippen LogP contribution in [-0.2, 0) is 6.42 Å². The minimum absolute atomic E-state index is 0.290. The molecule has 124 valence electrons. The number of hydrogen-bond donors (Lipinski definition) is 1. The van der Waals surface area contributed by atoms with E-state index < -0.39 is 0 Å². The standard InChI is InChI=1S/C22H31N/c1-13-14(2)16(4)20(15(13)3)18-10-8-9-17-11-12-19(22(5,6)7)23-21(17)18/h8-10,13,19,23H,11-12H2,1-7H3. The van der Waals surface area contributed by atoms with Gasteiger partial charge in [-0.3, -0.25) is 0 Å². The maximum atomic E-state index is 3.90. The molecule has 1 aliphatic heterocycles. The predicted octanol–water partition coefficient (Wildman–Crippen LogP) is 6.22. The average Bonchev–Trinajstić information content (AvgIpc) is 2.69. The summed E-state index contributed by atoms with van der Waals surface area (Å²) in [5.41, 5.74) is 10.6. The molecule has 23 heavy (non-hydrogen) atoms. The highest BCUT2D eigenvalue weighted by atomic mass is 15.0. The molecule has 3 rings (SSSR count). The van der Waals surface area contributed by atoms with Crippen molar-refractivity contribution in [2.24, 2.45) is 11.3 Å². The van der Waals surface area contributed by atoms with Gasteiger partial charge in [-0.15, -0.1) is 0 Å². The number of allylic oxidation sites excluding steroid dienone is 4. The fraction of sp³-hybridized carbons (Fsp3) is 0.545. The van der Waals surface area contributed by atoms with Crippen molar-refractivity contribution in [3.05, 3.63) is 46.0 Å². The minimum atomic E-state index is 0.290. The van der Waals surface area contributed by atoms with Crippen molar-refractivity contribution < 1.29 is 0 Å². The van der Waals surface area contributed by atoms with Gasteiger partial charge in [0.15, 0.2) is 0 Å². The molecule has 2 unspecified atom stereocenters. The quantitative estimate of drug-likeness (QED) is 0.649. The number of rotatable bonds is 1. The van der Waals surface area contributed by atoms with Crippen LogP contribution < -0.4 is 5.32 Å². The zero-order valence-electron chi connectivity index (χ0n) is 15.8. The van der Waals surface area contributed by atoms with Gasteiger partial charge in [-0.1, -0.05) is 57.0 Å². The maximum absolute atomic E-state index is 3.90. The number of benzene rings is 1. The van der Waals surface area contributed by atoms with E-state index in [0.29, 0.717) is 12.0 Å². The van der Waals surface area contributed by atoms with Gasteiger partial charge in [0.2, 0.25) is 0 Å². The van der Waals surface area contributed by atoms with E-state index in [2.05, 4.69) is 72.0 Å². The highest BCUT2D eigenvalue weighted by Crippen LogP contribution is 2.46. The predicted molar refractivity (Wildman–Crippen MR) is 102 cm³/mol. The molecule has 1 heteroatoms. The van der Waals surface area contributed by atoms with Crippen LogP contribution in [0.5, 0.6) is 0 Å². The second-order valence-corrected chi connectivity index (χ2v) is 8.53. The summed E-state index contributed by atoms with van der Waals surface area (Å²) in [4.78, 5) is 0. The molecule has 1 aromatic carbocycles. The molecule has 1 heterocycles. The molecule has 0 saturated carbocycles. The summed E-state index contributed by atoms with van der Waals surface area (Å²) in [6.07, 6.45) is 2.41. The van der Waals surface area contributed by atoms with Crippen molar-refractivity contribution >= 4 is 11.3 Å². The van der Waals surface area contributed by atoms with E-state index in [1.165, 1.54) is 51.9 Å². The lowest BCUT2D eigenvalue weighted by Gasteiger charge is -2.37. The Kier molecular flexibility index (Phi) is 3.94. The Hall–Kier alpha value is -1.50. The van der Waals surface area contributed by atoms with Gasteiger partial charge >= 0.3 is 0 Å². The number of nitrogens with one attached hydrogen (secondary N) is 1. The third-order valence-corrected chi connectivity index (χ3v) is 6.15. The highest BCUT2D eigenvalue weighted by molar-refractivity contribution is 5.91. The molecule has 1 N–H and O–H groups in total. The van der Waals surface area contributed by atoms with Gasteiger partial charge < -0.3 is 5.32 Å². The Bertz CT molecular complexity index is 697. The molecule has 0 amide bonds. The number of aryl methyl sites for hydroxylation is 1. The van der Waals surface area contributed by atoms with Crippen molar-refractivity contribution in [3.8, 4) is 0 Å². The van der Waals surface area contributed by atoms with Crippen molar-refractivity contribution in [3.63, 3.8) is 0 Å². The zero-order chi connectivity index (χ0) is 16.9. The van der Waals surface area contributed by atoms with Crippen LogP contribution in [0.15, 0.2) is 34.9 Å². The van der Waals surface area contributed by atoms with E-state index >= 15 is 0 Å². The van der Waals surface area contributed by atoms with E-state index in [0.717, 1.165) is 0 Å². The summed E-state index contributed by atoms with van der Waals surface area (Å²) in [6, 6.07) is 7.38. The normalized spacial score (nSPS) is 24.8. The first-order chi connectivity index (χ1) is 10.7. The van der Waals surface area contributed by atoms with E-state index in [1.807, 2.05) is 0 Å². The molecule has 0 aromatic heterocycles. The van der Waals surface area contributed by atoms with Gasteiger partial charge in [-0.2, -0.15) is 0 Å². The van der Waals surface area contributed by atoms with Crippen LogP contribution in [0.4, 0.5) is 5.69 Å². The summed E-state index contributed by atoms with van der Waals surface area (Å²) >= 11 is 0. The Balaban J connectivity index is 2.11. The van der Waals surface area contributed by atoms with E-state index in [-0.39, 0.29) is 5.41 Å². The molecule has 0 saturated heterocycles. The van der Waals surface area contributed by atoms with Crippen LogP contribution in [-0.4, -0.2) is 6.04 Å². The van der Waals surface area contributed by atoms with Gasteiger partial charge in [0.05, 0.1) is 0 Å². The largest absolute Gasteiger partial charge is 0.381 e. The molecule has 0 fully saturated rings. The molecular formula is C22H31N. The molecule has 1 aliphatic carbocycles. The fourth-order valence-electron chi connectivity index (χ4n) is 4.16. The van der Waals surface area contributed by atoms with Crippen molar-refractivity contribution in [2.75, 3.05) is 5.32 Å². The van der Waals surface area contributed by atoms with Crippen LogP contribution in [0.3, 0.4) is 0 Å². The molecule has 0 bridgehead atoms. The molecule has 0 spiro atoms. The van der Waals surface area contributed by atoms with Crippen LogP contribution >= 0.6 is 0 Å². The minimum Gasteiger partial charge on any atom is -0.381 e. The van der Waals surface area contributed by atoms with Crippen LogP contribution in [0.2, 0.25) is 0 Å². The topological polar surface area (TPSA) is 12.0 Å². The lowest BCUT2D eigenvalue weighted by molar-refractivity contribution is 0.321. The SMILES string of the molecule is CC1=C(C)C(C)C(C)=C1c1cccc2c1NC(C(C)(C)C)CC2. The van der Waals surface area contributed by atoms with Crippen molar-refractivity contribution in [2.45, 2.75) is 67.3 Å². The van der Waals surface area contributed by atoms with Crippen LogP contribution in [0.1, 0.15) is 66.0 Å². The average molecular weight is 309 g/mol. The second-order valence-electron chi connectivity index (χ2n) is 8.53. The maximum Gasteiger partial charge on any atom is 0.0454 e. The molecule has 1 nitrogen and oxygen atoms in total. The monoisotopic (exact) mass is 309 g/mol. The first-order valence-electron chi connectivity index (χ1n) is 8.99. The Morgan fingerprint density at radius 3 is 2.30 bits per heavy atom. The smallest absolute Gasteiger partial charge is 0.0454 e. The first kappa shape index (κ1) is 16.4. The van der Waals surface area contributed by atoms with Gasteiger partial charge in [0.1, 0.15) is 0 Å². The molecular weight excluding hydrogens is 278 g/mol. The molecule has 1 aromatic rings.